The second kappa shape index (κ2) is 5.02. The van der Waals surface area contributed by atoms with E-state index in [4.69, 9.17) is 9.47 Å². The maximum atomic E-state index is 12.2. The first kappa shape index (κ1) is 11.6. The fourth-order valence-electron chi connectivity index (χ4n) is 2.00. The quantitative estimate of drug-likeness (QED) is 0.786. The molecule has 3 rings (SSSR count). The molecule has 0 spiro atoms. The lowest BCUT2D eigenvalue weighted by Gasteiger charge is -2.28. The molecule has 1 heterocycles. The average Bonchev–Trinajstić information content (AvgIpc) is 2.47. The molecular formula is C15H13NO3. The Morgan fingerprint density at radius 3 is 2.63 bits per heavy atom. The molecule has 1 aliphatic heterocycles. The zero-order valence-electron chi connectivity index (χ0n) is 10.3. The van der Waals surface area contributed by atoms with Crippen LogP contribution >= 0.6 is 0 Å². The summed E-state index contributed by atoms with van der Waals surface area (Å²) < 4.78 is 10.8. The minimum absolute atomic E-state index is 0.387. The molecule has 4 nitrogen and oxygen atoms in total. The van der Waals surface area contributed by atoms with Crippen LogP contribution in [0.1, 0.15) is 0 Å². The molecule has 2 aromatic carbocycles. The molecule has 0 fully saturated rings. The van der Waals surface area contributed by atoms with Gasteiger partial charge in [-0.2, -0.15) is 0 Å². The lowest BCUT2D eigenvalue weighted by Crippen LogP contribution is -2.39. The van der Waals surface area contributed by atoms with Crippen molar-refractivity contribution in [2.45, 2.75) is 0 Å². The highest BCUT2D eigenvalue weighted by molar-refractivity contribution is 5.91. The second-order valence-electron chi connectivity index (χ2n) is 4.15. The van der Waals surface area contributed by atoms with Crippen molar-refractivity contribution in [3.05, 3.63) is 54.6 Å². The van der Waals surface area contributed by atoms with E-state index in [1.54, 1.807) is 17.0 Å². The third-order valence-corrected chi connectivity index (χ3v) is 2.90. The summed E-state index contributed by atoms with van der Waals surface area (Å²) in [5, 5.41) is 0. The Hall–Kier alpha value is -2.49. The van der Waals surface area contributed by atoms with Gasteiger partial charge >= 0.3 is 6.09 Å². The lowest BCUT2D eigenvalue weighted by atomic mass is 10.2. The number of para-hydroxylation sites is 3. The van der Waals surface area contributed by atoms with Crippen molar-refractivity contribution in [3.63, 3.8) is 0 Å². The fourth-order valence-corrected chi connectivity index (χ4v) is 2.00. The van der Waals surface area contributed by atoms with E-state index in [1.807, 2.05) is 42.5 Å². The van der Waals surface area contributed by atoms with E-state index in [0.717, 1.165) is 5.69 Å². The smallest absolute Gasteiger partial charge is 0.419 e. The molecule has 0 radical (unpaired) electrons. The van der Waals surface area contributed by atoms with E-state index in [9.17, 15) is 4.79 Å². The summed E-state index contributed by atoms with van der Waals surface area (Å²) >= 11 is 0. The number of anilines is 1. The van der Waals surface area contributed by atoms with Gasteiger partial charge < -0.3 is 9.47 Å². The standard InChI is InChI=1S/C15H13NO3/c17-15(19-12-6-2-1-3-7-12)16-10-11-18-14-9-5-4-8-13(14)16/h1-9H,10-11H2. The summed E-state index contributed by atoms with van der Waals surface area (Å²) in [6.07, 6.45) is -0.387. The summed E-state index contributed by atoms with van der Waals surface area (Å²) in [6.45, 7) is 0.962. The van der Waals surface area contributed by atoms with Crippen molar-refractivity contribution in [3.8, 4) is 11.5 Å². The van der Waals surface area contributed by atoms with E-state index in [-0.39, 0.29) is 6.09 Å². The van der Waals surface area contributed by atoms with Gasteiger partial charge in [0.25, 0.3) is 0 Å². The highest BCUT2D eigenvalue weighted by atomic mass is 16.6. The largest absolute Gasteiger partial charge is 0.490 e. The molecule has 4 heteroatoms. The predicted octanol–water partition coefficient (Wildman–Crippen LogP) is 3.08. The molecule has 0 saturated carbocycles. The molecule has 0 atom stereocenters. The maximum Gasteiger partial charge on any atom is 0.419 e. The highest BCUT2D eigenvalue weighted by Crippen LogP contribution is 2.31. The lowest BCUT2D eigenvalue weighted by molar-refractivity contribution is 0.202. The van der Waals surface area contributed by atoms with Crippen LogP contribution in [0.3, 0.4) is 0 Å². The molecule has 0 saturated heterocycles. The van der Waals surface area contributed by atoms with Crippen LogP contribution in [0.5, 0.6) is 11.5 Å². The molecule has 0 aliphatic carbocycles. The topological polar surface area (TPSA) is 38.8 Å². The second-order valence-corrected chi connectivity index (χ2v) is 4.15. The zero-order chi connectivity index (χ0) is 13.1. The third-order valence-electron chi connectivity index (χ3n) is 2.90. The minimum Gasteiger partial charge on any atom is -0.490 e. The van der Waals surface area contributed by atoms with Crippen molar-refractivity contribution in [1.29, 1.82) is 0 Å². The van der Waals surface area contributed by atoms with Crippen LogP contribution in [0.4, 0.5) is 10.5 Å². The molecule has 0 bridgehead atoms. The van der Waals surface area contributed by atoms with Crippen LogP contribution in [0.2, 0.25) is 0 Å². The van der Waals surface area contributed by atoms with Gasteiger partial charge in [0, 0.05) is 0 Å². The Bertz CT molecular complexity index is 583. The number of rotatable bonds is 1. The fraction of sp³-hybridized carbons (Fsp3) is 0.133. The van der Waals surface area contributed by atoms with Gasteiger partial charge in [0.15, 0.2) is 0 Å². The van der Waals surface area contributed by atoms with E-state index in [1.165, 1.54) is 0 Å². The Labute approximate surface area is 111 Å². The molecule has 0 unspecified atom stereocenters. The number of ether oxygens (including phenoxy) is 2. The number of benzene rings is 2. The van der Waals surface area contributed by atoms with Crippen LogP contribution < -0.4 is 14.4 Å². The van der Waals surface area contributed by atoms with Crippen molar-refractivity contribution in [1.82, 2.24) is 0 Å². The minimum atomic E-state index is -0.387. The van der Waals surface area contributed by atoms with Crippen molar-refractivity contribution >= 4 is 11.8 Å². The van der Waals surface area contributed by atoms with Gasteiger partial charge in [-0.1, -0.05) is 30.3 Å². The molecule has 1 amide bonds. The zero-order valence-corrected chi connectivity index (χ0v) is 10.3. The number of amides is 1. The molecular weight excluding hydrogens is 242 g/mol. The van der Waals surface area contributed by atoms with E-state index >= 15 is 0 Å². The van der Waals surface area contributed by atoms with Crippen molar-refractivity contribution < 1.29 is 14.3 Å². The first-order valence-corrected chi connectivity index (χ1v) is 6.11. The van der Waals surface area contributed by atoms with E-state index in [2.05, 4.69) is 0 Å². The number of hydrogen-bond donors (Lipinski definition) is 0. The van der Waals surface area contributed by atoms with E-state index in [0.29, 0.717) is 24.7 Å². The van der Waals surface area contributed by atoms with Gasteiger partial charge in [-0.05, 0) is 24.3 Å². The third kappa shape index (κ3) is 2.38. The number of nitrogens with zero attached hydrogens (tertiary/aromatic N) is 1. The summed E-state index contributed by atoms with van der Waals surface area (Å²) in [5.74, 6) is 1.25. The molecule has 0 aromatic heterocycles. The molecule has 2 aromatic rings. The van der Waals surface area contributed by atoms with Gasteiger partial charge in [-0.25, -0.2) is 4.79 Å². The summed E-state index contributed by atoms with van der Waals surface area (Å²) in [7, 11) is 0. The molecule has 19 heavy (non-hydrogen) atoms. The van der Waals surface area contributed by atoms with Crippen LogP contribution in [0.25, 0.3) is 0 Å². The summed E-state index contributed by atoms with van der Waals surface area (Å²) in [4.78, 5) is 13.8. The number of carbonyl (C=O) groups excluding carboxylic acids is 1. The van der Waals surface area contributed by atoms with Crippen LogP contribution in [-0.2, 0) is 0 Å². The van der Waals surface area contributed by atoms with Crippen molar-refractivity contribution in [2.24, 2.45) is 0 Å². The SMILES string of the molecule is O=C(Oc1ccccc1)N1CCOc2ccccc21. The maximum absolute atomic E-state index is 12.2. The van der Waals surface area contributed by atoms with Crippen LogP contribution in [0.15, 0.2) is 54.6 Å². The monoisotopic (exact) mass is 255 g/mol. The van der Waals surface area contributed by atoms with Crippen LogP contribution in [-0.4, -0.2) is 19.2 Å². The summed E-state index contributed by atoms with van der Waals surface area (Å²) in [5.41, 5.74) is 0.745. The number of carbonyl (C=O) groups is 1. The Morgan fingerprint density at radius 1 is 1.05 bits per heavy atom. The van der Waals surface area contributed by atoms with Gasteiger partial charge in [0.2, 0.25) is 0 Å². The highest BCUT2D eigenvalue weighted by Gasteiger charge is 2.24. The van der Waals surface area contributed by atoms with Gasteiger partial charge in [0.1, 0.15) is 18.1 Å². The Kier molecular flexibility index (Phi) is 3.06. The number of fused-ring (bicyclic) bond motifs is 1. The predicted molar refractivity (Wildman–Crippen MR) is 71.7 cm³/mol. The first-order valence-electron chi connectivity index (χ1n) is 6.11. The van der Waals surface area contributed by atoms with Gasteiger partial charge in [0.05, 0.1) is 12.2 Å². The molecule has 96 valence electrons. The van der Waals surface area contributed by atoms with Gasteiger partial charge in [-0.3, -0.25) is 4.90 Å². The van der Waals surface area contributed by atoms with Gasteiger partial charge in [-0.15, -0.1) is 0 Å². The van der Waals surface area contributed by atoms with Crippen molar-refractivity contribution in [2.75, 3.05) is 18.1 Å². The van der Waals surface area contributed by atoms with E-state index < -0.39 is 0 Å². The Morgan fingerprint density at radius 2 is 1.79 bits per heavy atom. The Balaban J connectivity index is 1.82. The normalized spacial score (nSPS) is 13.4. The number of hydrogen-bond acceptors (Lipinski definition) is 3. The average molecular weight is 255 g/mol. The molecule has 0 N–H and O–H groups in total. The van der Waals surface area contributed by atoms with Crippen LogP contribution in [0, 0.1) is 0 Å². The molecule has 1 aliphatic rings. The first-order chi connectivity index (χ1) is 9.34. The summed E-state index contributed by atoms with van der Waals surface area (Å²) in [6, 6.07) is 16.5.